The van der Waals surface area contributed by atoms with Gasteiger partial charge in [-0.3, -0.25) is 0 Å². The van der Waals surface area contributed by atoms with E-state index in [-0.39, 0.29) is 5.75 Å². The Labute approximate surface area is 124 Å². The van der Waals surface area contributed by atoms with Gasteiger partial charge in [0.05, 0.1) is 11.4 Å². The van der Waals surface area contributed by atoms with Gasteiger partial charge in [-0.2, -0.15) is 13.2 Å². The molecule has 0 bridgehead atoms. The van der Waals surface area contributed by atoms with Crippen molar-refractivity contribution in [1.29, 1.82) is 0 Å². The van der Waals surface area contributed by atoms with E-state index in [1.165, 1.54) is 12.1 Å². The molecular formula is C14H12ClF3N2O. The summed E-state index contributed by atoms with van der Waals surface area (Å²) < 4.78 is 40.7. The summed E-state index contributed by atoms with van der Waals surface area (Å²) in [4.78, 5) is 0. The van der Waals surface area contributed by atoms with Crippen LogP contribution in [0, 0.1) is 0 Å². The van der Waals surface area contributed by atoms with Crippen LogP contribution in [0.2, 0.25) is 5.02 Å². The van der Waals surface area contributed by atoms with Crippen LogP contribution in [-0.4, -0.2) is 12.8 Å². The first kappa shape index (κ1) is 15.3. The molecule has 21 heavy (non-hydrogen) atoms. The van der Waals surface area contributed by atoms with Gasteiger partial charge in [-0.1, -0.05) is 11.6 Å². The highest BCUT2D eigenvalue weighted by Crippen LogP contribution is 2.27. The van der Waals surface area contributed by atoms with Crippen LogP contribution in [0.1, 0.15) is 0 Å². The van der Waals surface area contributed by atoms with Crippen molar-refractivity contribution in [2.75, 3.05) is 17.7 Å². The van der Waals surface area contributed by atoms with Gasteiger partial charge in [-0.15, -0.1) is 0 Å². The zero-order valence-electron chi connectivity index (χ0n) is 10.7. The van der Waals surface area contributed by atoms with Gasteiger partial charge in [-0.05, 0) is 42.5 Å². The second-order valence-electron chi connectivity index (χ2n) is 4.28. The van der Waals surface area contributed by atoms with E-state index in [4.69, 9.17) is 17.3 Å². The average Bonchev–Trinajstić information content (AvgIpc) is 2.41. The van der Waals surface area contributed by atoms with Gasteiger partial charge in [-0.25, -0.2) is 0 Å². The Kier molecular flexibility index (Phi) is 4.47. The van der Waals surface area contributed by atoms with E-state index >= 15 is 0 Å². The van der Waals surface area contributed by atoms with Crippen LogP contribution in [0.15, 0.2) is 42.5 Å². The van der Waals surface area contributed by atoms with E-state index in [2.05, 4.69) is 10.1 Å². The van der Waals surface area contributed by atoms with Crippen LogP contribution < -0.4 is 15.8 Å². The third kappa shape index (κ3) is 4.75. The number of anilines is 3. The second-order valence-corrected chi connectivity index (χ2v) is 4.72. The molecule has 0 aliphatic rings. The molecule has 0 unspecified atom stereocenters. The fraction of sp³-hybridized carbons (Fsp3) is 0.143. The number of halogens is 4. The Morgan fingerprint density at radius 3 is 2.38 bits per heavy atom. The predicted molar refractivity (Wildman–Crippen MR) is 77.1 cm³/mol. The summed E-state index contributed by atoms with van der Waals surface area (Å²) in [7, 11) is 0. The molecule has 112 valence electrons. The van der Waals surface area contributed by atoms with E-state index in [1.54, 1.807) is 30.3 Å². The smallest absolute Gasteiger partial charge is 0.422 e. The summed E-state index contributed by atoms with van der Waals surface area (Å²) in [6, 6.07) is 11.0. The van der Waals surface area contributed by atoms with Crippen molar-refractivity contribution < 1.29 is 17.9 Å². The SMILES string of the molecule is Nc1ccc(Cl)cc1Nc1ccc(OCC(F)(F)F)cc1. The maximum atomic E-state index is 12.0. The highest BCUT2D eigenvalue weighted by molar-refractivity contribution is 6.31. The molecule has 2 aromatic carbocycles. The van der Waals surface area contributed by atoms with Crippen molar-refractivity contribution >= 4 is 28.7 Å². The number of benzene rings is 2. The van der Waals surface area contributed by atoms with Crippen LogP contribution in [0.25, 0.3) is 0 Å². The van der Waals surface area contributed by atoms with E-state index in [0.717, 1.165) is 0 Å². The molecular weight excluding hydrogens is 305 g/mol. The maximum Gasteiger partial charge on any atom is 0.422 e. The van der Waals surface area contributed by atoms with Crippen molar-refractivity contribution in [2.45, 2.75) is 6.18 Å². The first-order valence-electron chi connectivity index (χ1n) is 5.95. The predicted octanol–water partition coefficient (Wildman–Crippen LogP) is 4.61. The molecule has 0 spiro atoms. The van der Waals surface area contributed by atoms with Gasteiger partial charge < -0.3 is 15.8 Å². The molecule has 3 N–H and O–H groups in total. The Morgan fingerprint density at radius 2 is 1.76 bits per heavy atom. The monoisotopic (exact) mass is 316 g/mol. The number of nitrogen functional groups attached to an aromatic ring is 1. The van der Waals surface area contributed by atoms with E-state index in [1.807, 2.05) is 0 Å². The highest BCUT2D eigenvalue weighted by atomic mass is 35.5. The number of ether oxygens (including phenoxy) is 1. The quantitative estimate of drug-likeness (QED) is 0.810. The Morgan fingerprint density at radius 1 is 1.10 bits per heavy atom. The third-order valence-electron chi connectivity index (χ3n) is 2.55. The number of nitrogens with one attached hydrogen (secondary N) is 1. The standard InChI is InChI=1S/C14H12ClF3N2O/c15-9-1-6-12(19)13(7-9)20-10-2-4-11(5-3-10)21-8-14(16,17)18/h1-7,20H,8,19H2. The molecule has 3 nitrogen and oxygen atoms in total. The molecule has 0 amide bonds. The van der Waals surface area contributed by atoms with E-state index < -0.39 is 12.8 Å². The molecule has 0 aliphatic heterocycles. The van der Waals surface area contributed by atoms with Gasteiger partial charge in [0.2, 0.25) is 0 Å². The number of hydrogen-bond acceptors (Lipinski definition) is 3. The van der Waals surface area contributed by atoms with Crippen molar-refractivity contribution in [3.63, 3.8) is 0 Å². The molecule has 7 heteroatoms. The van der Waals surface area contributed by atoms with Gasteiger partial charge in [0.25, 0.3) is 0 Å². The van der Waals surface area contributed by atoms with Gasteiger partial charge in [0.15, 0.2) is 6.61 Å². The Balaban J connectivity index is 2.04. The largest absolute Gasteiger partial charge is 0.484 e. The summed E-state index contributed by atoms with van der Waals surface area (Å²) in [6.07, 6.45) is -4.35. The van der Waals surface area contributed by atoms with Crippen LogP contribution >= 0.6 is 11.6 Å². The van der Waals surface area contributed by atoms with E-state index in [9.17, 15) is 13.2 Å². The molecule has 0 fully saturated rings. The number of hydrogen-bond donors (Lipinski definition) is 2. The summed E-state index contributed by atoms with van der Waals surface area (Å²) in [6.45, 7) is -1.32. The average molecular weight is 317 g/mol. The molecule has 0 aromatic heterocycles. The highest BCUT2D eigenvalue weighted by Gasteiger charge is 2.28. The Hall–Kier alpha value is -2.08. The molecule has 2 aromatic rings. The summed E-state index contributed by atoms with van der Waals surface area (Å²) in [5.74, 6) is 0.136. The van der Waals surface area contributed by atoms with Gasteiger partial charge in [0, 0.05) is 10.7 Å². The lowest BCUT2D eigenvalue weighted by Gasteiger charge is -2.12. The minimum atomic E-state index is -4.35. The third-order valence-corrected chi connectivity index (χ3v) is 2.79. The summed E-state index contributed by atoms with van der Waals surface area (Å²) >= 11 is 5.87. The fourth-order valence-corrected chi connectivity index (χ4v) is 1.76. The molecule has 0 saturated heterocycles. The molecule has 0 saturated carbocycles. The molecule has 2 rings (SSSR count). The topological polar surface area (TPSA) is 47.3 Å². The number of rotatable bonds is 4. The zero-order valence-corrected chi connectivity index (χ0v) is 11.5. The first-order valence-corrected chi connectivity index (χ1v) is 6.33. The summed E-state index contributed by atoms with van der Waals surface area (Å²) in [5.41, 5.74) is 7.58. The number of nitrogens with two attached hydrogens (primary N) is 1. The Bertz CT molecular complexity index is 615. The lowest BCUT2D eigenvalue weighted by molar-refractivity contribution is -0.153. The van der Waals surface area contributed by atoms with Crippen molar-refractivity contribution in [2.24, 2.45) is 0 Å². The molecule has 0 atom stereocenters. The molecule has 0 radical (unpaired) electrons. The van der Waals surface area contributed by atoms with Crippen LogP contribution in [0.5, 0.6) is 5.75 Å². The van der Waals surface area contributed by atoms with Gasteiger partial charge in [0.1, 0.15) is 5.75 Å². The molecule has 0 aliphatic carbocycles. The van der Waals surface area contributed by atoms with Crippen LogP contribution in [-0.2, 0) is 0 Å². The van der Waals surface area contributed by atoms with Crippen LogP contribution in [0.3, 0.4) is 0 Å². The minimum absolute atomic E-state index is 0.136. The van der Waals surface area contributed by atoms with Crippen molar-refractivity contribution in [3.05, 3.63) is 47.5 Å². The fourth-order valence-electron chi connectivity index (χ4n) is 1.59. The summed E-state index contributed by atoms with van der Waals surface area (Å²) in [5, 5.41) is 3.55. The van der Waals surface area contributed by atoms with E-state index in [0.29, 0.717) is 22.1 Å². The second kappa shape index (κ2) is 6.13. The van der Waals surface area contributed by atoms with Gasteiger partial charge >= 0.3 is 6.18 Å². The van der Waals surface area contributed by atoms with Crippen molar-refractivity contribution in [3.8, 4) is 5.75 Å². The molecule has 0 heterocycles. The number of alkyl halides is 3. The normalized spacial score (nSPS) is 11.2. The van der Waals surface area contributed by atoms with Crippen LogP contribution in [0.4, 0.5) is 30.2 Å². The maximum absolute atomic E-state index is 12.0. The lowest BCUT2D eigenvalue weighted by atomic mass is 10.2. The zero-order chi connectivity index (χ0) is 15.5. The lowest BCUT2D eigenvalue weighted by Crippen LogP contribution is -2.19. The minimum Gasteiger partial charge on any atom is -0.484 e. The first-order chi connectivity index (χ1) is 9.83. The van der Waals surface area contributed by atoms with Crippen molar-refractivity contribution in [1.82, 2.24) is 0 Å².